The van der Waals surface area contributed by atoms with E-state index in [9.17, 15) is 19.5 Å². The van der Waals surface area contributed by atoms with Crippen molar-refractivity contribution in [2.24, 2.45) is 18.4 Å². The molecule has 0 bridgehead atoms. The van der Waals surface area contributed by atoms with Crippen molar-refractivity contribution in [3.05, 3.63) is 47.2 Å². The Morgan fingerprint density at radius 3 is 2.28 bits per heavy atom. The molecule has 2 aromatic rings. The summed E-state index contributed by atoms with van der Waals surface area (Å²) < 4.78 is 2.21. The van der Waals surface area contributed by atoms with Gasteiger partial charge in [0.1, 0.15) is 6.04 Å². The van der Waals surface area contributed by atoms with Crippen molar-refractivity contribution in [3.63, 3.8) is 0 Å². The SMILES string of the molecule is CC(=C[C@@H](C(C)C)N(C)C(=O)C(NC(=O)[C@H]1N(C)Cc2c(c3ccccc3n2C)C1(C)C)C(C)(C)C)C(=O)O. The second-order valence-corrected chi connectivity index (χ2v) is 13.1. The maximum atomic E-state index is 14.1. The van der Waals surface area contributed by atoms with Gasteiger partial charge in [-0.3, -0.25) is 14.5 Å². The highest BCUT2D eigenvalue weighted by Crippen LogP contribution is 2.43. The van der Waals surface area contributed by atoms with E-state index in [4.69, 9.17) is 0 Å². The van der Waals surface area contributed by atoms with Crippen LogP contribution in [0.3, 0.4) is 0 Å². The van der Waals surface area contributed by atoms with Crippen LogP contribution in [0, 0.1) is 11.3 Å². The van der Waals surface area contributed by atoms with E-state index in [2.05, 4.69) is 47.8 Å². The zero-order valence-corrected chi connectivity index (χ0v) is 25.4. The molecule has 1 aromatic heterocycles. The van der Waals surface area contributed by atoms with Crippen molar-refractivity contribution < 1.29 is 19.5 Å². The Morgan fingerprint density at radius 1 is 1.15 bits per heavy atom. The molecule has 2 heterocycles. The van der Waals surface area contributed by atoms with Gasteiger partial charge in [0.05, 0.1) is 12.1 Å². The van der Waals surface area contributed by atoms with Gasteiger partial charge < -0.3 is 19.9 Å². The zero-order valence-electron chi connectivity index (χ0n) is 25.4. The summed E-state index contributed by atoms with van der Waals surface area (Å²) >= 11 is 0. The van der Waals surface area contributed by atoms with Crippen molar-refractivity contribution >= 4 is 28.7 Å². The van der Waals surface area contributed by atoms with Gasteiger partial charge in [-0.1, -0.05) is 72.7 Å². The summed E-state index contributed by atoms with van der Waals surface area (Å²) in [7, 11) is 5.71. The summed E-state index contributed by atoms with van der Waals surface area (Å²) in [4.78, 5) is 43.2. The molecule has 0 spiro atoms. The fourth-order valence-corrected chi connectivity index (χ4v) is 6.19. The first-order valence-corrected chi connectivity index (χ1v) is 13.7. The van der Waals surface area contributed by atoms with E-state index in [0.717, 1.165) is 10.9 Å². The molecule has 3 rings (SSSR count). The second-order valence-electron chi connectivity index (χ2n) is 13.1. The van der Waals surface area contributed by atoms with Gasteiger partial charge in [0.25, 0.3) is 0 Å². The molecule has 0 fully saturated rings. The van der Waals surface area contributed by atoms with Crippen LogP contribution in [-0.2, 0) is 33.4 Å². The highest BCUT2D eigenvalue weighted by Gasteiger charge is 2.48. The number of aryl methyl sites for hydroxylation is 1. The predicted octanol–water partition coefficient (Wildman–Crippen LogP) is 4.31. The van der Waals surface area contributed by atoms with Crippen molar-refractivity contribution in [2.75, 3.05) is 14.1 Å². The molecule has 214 valence electrons. The fourth-order valence-electron chi connectivity index (χ4n) is 6.19. The van der Waals surface area contributed by atoms with E-state index >= 15 is 0 Å². The van der Waals surface area contributed by atoms with Gasteiger partial charge in [0.15, 0.2) is 0 Å². The standard InChI is InChI=1S/C31H46N4O4/c1-18(2)22(16-19(3)29(38)39)35(11)28(37)25(30(4,5)6)32-27(36)26-31(7,8)24-20-14-12-13-15-21(20)34(10)23(24)17-33(26)9/h12-16,18,22,25-26H,17H2,1-11H3,(H,32,36)(H,38,39)/t22-,25?,26+/m0/s1. The number of para-hydroxylation sites is 1. The summed E-state index contributed by atoms with van der Waals surface area (Å²) in [6.07, 6.45) is 1.62. The molecule has 1 aromatic carbocycles. The average Bonchev–Trinajstić information content (AvgIpc) is 3.11. The molecule has 1 unspecified atom stereocenters. The first-order chi connectivity index (χ1) is 17.9. The molecular weight excluding hydrogens is 492 g/mol. The van der Waals surface area contributed by atoms with E-state index in [1.807, 2.05) is 53.8 Å². The summed E-state index contributed by atoms with van der Waals surface area (Å²) in [6.45, 7) is 16.1. The van der Waals surface area contributed by atoms with Crippen LogP contribution in [0.1, 0.15) is 66.6 Å². The van der Waals surface area contributed by atoms with Crippen LogP contribution in [0.4, 0.5) is 0 Å². The Hall–Kier alpha value is -3.13. The Labute approximate surface area is 233 Å². The molecular formula is C31H46N4O4. The minimum Gasteiger partial charge on any atom is -0.478 e. The number of aromatic nitrogens is 1. The molecule has 39 heavy (non-hydrogen) atoms. The van der Waals surface area contributed by atoms with Gasteiger partial charge >= 0.3 is 5.97 Å². The Bertz CT molecular complexity index is 1300. The number of hydrogen-bond donors (Lipinski definition) is 2. The predicted molar refractivity (Wildman–Crippen MR) is 155 cm³/mol. The van der Waals surface area contributed by atoms with Gasteiger partial charge in [-0.05, 0) is 36.9 Å². The summed E-state index contributed by atoms with van der Waals surface area (Å²) in [5, 5.41) is 13.7. The number of carboxylic acids is 1. The van der Waals surface area contributed by atoms with Crippen LogP contribution < -0.4 is 5.32 Å². The number of fused-ring (bicyclic) bond motifs is 3. The van der Waals surface area contributed by atoms with Crippen LogP contribution in [0.25, 0.3) is 10.9 Å². The van der Waals surface area contributed by atoms with Crippen molar-refractivity contribution in [2.45, 2.75) is 85.5 Å². The normalized spacial score (nSPS) is 19.5. The molecule has 0 saturated carbocycles. The van der Waals surface area contributed by atoms with Gasteiger partial charge in [-0.2, -0.15) is 0 Å². The highest BCUT2D eigenvalue weighted by atomic mass is 16.4. The number of likely N-dealkylation sites (N-methyl/N-ethyl adjacent to an activating group) is 2. The first kappa shape index (κ1) is 30.4. The average molecular weight is 539 g/mol. The number of nitrogens with zero attached hydrogens (tertiary/aromatic N) is 3. The van der Waals surface area contributed by atoms with Gasteiger partial charge in [0.2, 0.25) is 11.8 Å². The third-order valence-corrected chi connectivity index (χ3v) is 8.28. The lowest BCUT2D eigenvalue weighted by molar-refractivity contribution is -0.142. The van der Waals surface area contributed by atoms with Crippen molar-refractivity contribution in [1.29, 1.82) is 0 Å². The maximum absolute atomic E-state index is 14.1. The molecule has 2 N–H and O–H groups in total. The van der Waals surface area contributed by atoms with Gasteiger partial charge in [-0.15, -0.1) is 0 Å². The topological polar surface area (TPSA) is 94.9 Å². The molecule has 3 atom stereocenters. The number of rotatable bonds is 7. The number of aliphatic carboxylic acids is 1. The van der Waals surface area contributed by atoms with Crippen LogP contribution in [0.15, 0.2) is 35.9 Å². The van der Waals surface area contributed by atoms with Crippen LogP contribution >= 0.6 is 0 Å². The number of hydrogen-bond acceptors (Lipinski definition) is 4. The number of amides is 2. The molecule has 2 amide bonds. The minimum absolute atomic E-state index is 0.0160. The molecule has 0 radical (unpaired) electrons. The van der Waals surface area contributed by atoms with E-state index in [1.165, 1.54) is 18.2 Å². The third kappa shape index (κ3) is 5.62. The number of carbonyl (C=O) groups is 3. The number of carboxylic acid groups (broad SMARTS) is 1. The van der Waals surface area contributed by atoms with Gasteiger partial charge in [0, 0.05) is 48.2 Å². The van der Waals surface area contributed by atoms with E-state index in [0.29, 0.717) is 6.54 Å². The zero-order chi connectivity index (χ0) is 29.6. The summed E-state index contributed by atoms with van der Waals surface area (Å²) in [5.41, 5.74) is 2.59. The lowest BCUT2D eigenvalue weighted by atomic mass is 9.72. The monoisotopic (exact) mass is 538 g/mol. The summed E-state index contributed by atoms with van der Waals surface area (Å²) in [6, 6.07) is 6.56. The minimum atomic E-state index is -1.02. The number of nitrogens with one attached hydrogen (secondary N) is 1. The van der Waals surface area contributed by atoms with Crippen LogP contribution in [0.5, 0.6) is 0 Å². The molecule has 8 heteroatoms. The Kier molecular flexibility index (Phi) is 8.42. The maximum Gasteiger partial charge on any atom is 0.331 e. The highest BCUT2D eigenvalue weighted by molar-refractivity contribution is 5.94. The number of carbonyl (C=O) groups excluding carboxylic acids is 2. The van der Waals surface area contributed by atoms with Crippen molar-refractivity contribution in [3.8, 4) is 0 Å². The molecule has 0 saturated heterocycles. The number of benzene rings is 1. The lowest BCUT2D eigenvalue weighted by Crippen LogP contribution is -2.63. The first-order valence-electron chi connectivity index (χ1n) is 13.7. The molecule has 1 aliphatic heterocycles. The van der Waals surface area contributed by atoms with Gasteiger partial charge in [-0.25, -0.2) is 4.79 Å². The van der Waals surface area contributed by atoms with E-state index < -0.39 is 34.9 Å². The smallest absolute Gasteiger partial charge is 0.331 e. The Balaban J connectivity index is 1.98. The van der Waals surface area contributed by atoms with Crippen LogP contribution in [0.2, 0.25) is 0 Å². The molecule has 1 aliphatic rings. The van der Waals surface area contributed by atoms with E-state index in [1.54, 1.807) is 18.0 Å². The Morgan fingerprint density at radius 2 is 1.74 bits per heavy atom. The molecule has 0 aliphatic carbocycles. The lowest BCUT2D eigenvalue weighted by Gasteiger charge is -2.45. The second kappa shape index (κ2) is 10.8. The van der Waals surface area contributed by atoms with Crippen molar-refractivity contribution in [1.82, 2.24) is 19.7 Å². The summed E-state index contributed by atoms with van der Waals surface area (Å²) in [5.74, 6) is -1.47. The third-order valence-electron chi connectivity index (χ3n) is 8.28. The largest absolute Gasteiger partial charge is 0.478 e. The molecule has 8 nitrogen and oxygen atoms in total. The van der Waals surface area contributed by atoms with E-state index in [-0.39, 0.29) is 23.3 Å². The quantitative estimate of drug-likeness (QED) is 0.512. The fraction of sp³-hybridized carbons (Fsp3) is 0.581. The van der Waals surface area contributed by atoms with Crippen LogP contribution in [-0.4, -0.2) is 69.5 Å².